The van der Waals surface area contributed by atoms with Crippen molar-refractivity contribution in [1.82, 2.24) is 4.90 Å². The fourth-order valence-electron chi connectivity index (χ4n) is 6.71. The van der Waals surface area contributed by atoms with Gasteiger partial charge >= 0.3 is 5.97 Å². The number of hydrogen-bond acceptors (Lipinski definition) is 7. The van der Waals surface area contributed by atoms with E-state index in [0.29, 0.717) is 37.0 Å². The molecule has 1 aliphatic carbocycles. The maximum absolute atomic E-state index is 15.4. The second-order valence-electron chi connectivity index (χ2n) is 17.9. The largest absolute Gasteiger partial charge is 0.469 e. The molecule has 0 heterocycles. The van der Waals surface area contributed by atoms with Crippen LogP contribution in [0.5, 0.6) is 0 Å². The lowest BCUT2D eigenvalue weighted by Gasteiger charge is -2.43. The third-order valence-electron chi connectivity index (χ3n) is 11.9. The normalized spacial score (nSPS) is 23.1. The summed E-state index contributed by atoms with van der Waals surface area (Å²) in [6.07, 6.45) is 14.8. The highest BCUT2D eigenvalue weighted by Gasteiger charge is 2.63. The molecule has 5 atom stereocenters. The molecule has 51 heavy (non-hydrogen) atoms. The van der Waals surface area contributed by atoms with Gasteiger partial charge in [-0.1, -0.05) is 110 Å². The van der Waals surface area contributed by atoms with Gasteiger partial charge in [0.1, 0.15) is 4.75 Å². The Hall–Kier alpha value is -1.57. The number of esters is 1. The van der Waals surface area contributed by atoms with E-state index in [1.165, 1.54) is 7.11 Å². The Morgan fingerprint density at radius 2 is 1.57 bits per heavy atom. The van der Waals surface area contributed by atoms with E-state index in [-0.39, 0.29) is 34.3 Å². The molecule has 0 aromatic heterocycles. The molecule has 10 heteroatoms. The van der Waals surface area contributed by atoms with Gasteiger partial charge in [0.05, 0.1) is 24.2 Å². The molecule has 5 unspecified atom stereocenters. The van der Waals surface area contributed by atoms with E-state index in [1.54, 1.807) is 12.1 Å². The molecular weight excluding hydrogens is 691 g/mol. The van der Waals surface area contributed by atoms with Crippen LogP contribution in [0.4, 0.5) is 0 Å². The molecule has 1 aliphatic rings. The third kappa shape index (κ3) is 11.5. The molecule has 0 bridgehead atoms. The first-order valence-corrected chi connectivity index (χ1v) is 26.5. The smallest absolute Gasteiger partial charge is 0.305 e. The van der Waals surface area contributed by atoms with Gasteiger partial charge in [0.15, 0.2) is 26.5 Å². The van der Waals surface area contributed by atoms with Gasteiger partial charge in [0, 0.05) is 18.4 Å². The van der Waals surface area contributed by atoms with E-state index < -0.39 is 37.1 Å². The van der Waals surface area contributed by atoms with E-state index in [1.807, 2.05) is 44.4 Å². The van der Waals surface area contributed by atoms with Crippen molar-refractivity contribution in [1.29, 1.82) is 0 Å². The molecule has 0 aliphatic heterocycles. The zero-order chi connectivity index (χ0) is 38.9. The van der Waals surface area contributed by atoms with Gasteiger partial charge in [-0.3, -0.25) is 4.79 Å². The molecule has 0 radical (unpaired) electrons. The number of hydrogen-bond donors (Lipinski definition) is 0. The fourth-order valence-corrected chi connectivity index (χ4v) is 11.9. The number of ether oxygens (including phenoxy) is 1. The third-order valence-corrected chi connectivity index (χ3v) is 23.5. The Bertz CT molecular complexity index is 1400. The molecule has 1 aromatic carbocycles. The highest BCUT2D eigenvalue weighted by Crippen LogP contribution is 2.53. The number of methoxy groups -OCH3 is 1. The Kier molecular flexibility index (Phi) is 16.7. The Balaban J connectivity index is 2.88. The Labute approximate surface area is 315 Å². The van der Waals surface area contributed by atoms with Crippen LogP contribution >= 0.6 is 0 Å². The van der Waals surface area contributed by atoms with Gasteiger partial charge in [-0.2, -0.15) is 0 Å². The minimum absolute atomic E-state index is 0.0419. The molecule has 1 fully saturated rings. The van der Waals surface area contributed by atoms with Crippen LogP contribution in [0.2, 0.25) is 36.3 Å². The number of rotatable bonds is 19. The summed E-state index contributed by atoms with van der Waals surface area (Å²) in [5.41, 5.74) is 0. The van der Waals surface area contributed by atoms with Crippen molar-refractivity contribution in [2.75, 3.05) is 21.2 Å². The quantitative estimate of drug-likeness (QED) is 0.0600. The SMILES string of the molecule is CCCCCC(C=CC1C(O[Si](C)(C)C(C)(C)C)CC(N(C)C)C1(CC=CCCCC(=O)OC)S(=O)(=O)c1ccccc1)O[Si](C)(C)C(C)(C)C. The number of carbonyl (C=O) groups is 1. The molecule has 1 saturated carbocycles. The van der Waals surface area contributed by atoms with Crippen LogP contribution < -0.4 is 0 Å². The van der Waals surface area contributed by atoms with Crippen LogP contribution in [0, 0.1) is 5.92 Å². The minimum atomic E-state index is -3.92. The monoisotopic (exact) mass is 763 g/mol. The number of allylic oxidation sites excluding steroid dienone is 2. The van der Waals surface area contributed by atoms with Gasteiger partial charge in [0.25, 0.3) is 0 Å². The van der Waals surface area contributed by atoms with Crippen molar-refractivity contribution < 1.29 is 26.8 Å². The summed E-state index contributed by atoms with van der Waals surface area (Å²) in [5, 5.41) is -0.00756. The molecular formula is C41H73NO6SSi2. The van der Waals surface area contributed by atoms with Crippen molar-refractivity contribution in [3.05, 3.63) is 54.6 Å². The van der Waals surface area contributed by atoms with Gasteiger partial charge in [0.2, 0.25) is 0 Å². The molecule has 0 amide bonds. The second kappa shape index (κ2) is 18.7. The summed E-state index contributed by atoms with van der Waals surface area (Å²) in [5.74, 6) is -0.667. The van der Waals surface area contributed by atoms with Crippen LogP contribution in [-0.2, 0) is 28.2 Å². The van der Waals surface area contributed by atoms with Crippen LogP contribution in [0.25, 0.3) is 0 Å². The number of nitrogens with zero attached hydrogens (tertiary/aromatic N) is 1. The van der Waals surface area contributed by atoms with Crippen LogP contribution in [-0.4, -0.2) is 80.1 Å². The van der Waals surface area contributed by atoms with Gasteiger partial charge < -0.3 is 18.5 Å². The molecule has 1 aromatic rings. The lowest BCUT2D eigenvalue weighted by atomic mass is 9.86. The highest BCUT2D eigenvalue weighted by atomic mass is 32.2. The lowest BCUT2D eigenvalue weighted by molar-refractivity contribution is -0.140. The predicted molar refractivity (Wildman–Crippen MR) is 219 cm³/mol. The summed E-state index contributed by atoms with van der Waals surface area (Å²) in [6.45, 7) is 24.9. The Morgan fingerprint density at radius 3 is 2.10 bits per heavy atom. The van der Waals surface area contributed by atoms with Crippen molar-refractivity contribution in [3.63, 3.8) is 0 Å². The molecule has 7 nitrogen and oxygen atoms in total. The van der Waals surface area contributed by atoms with Gasteiger partial charge in [-0.25, -0.2) is 8.42 Å². The van der Waals surface area contributed by atoms with Crippen molar-refractivity contribution >= 4 is 32.4 Å². The summed E-state index contributed by atoms with van der Waals surface area (Å²) < 4.78 is 48.8. The van der Waals surface area contributed by atoms with Crippen molar-refractivity contribution in [3.8, 4) is 0 Å². The minimum Gasteiger partial charge on any atom is -0.469 e. The first-order chi connectivity index (χ1) is 23.5. The van der Waals surface area contributed by atoms with Gasteiger partial charge in [-0.15, -0.1) is 0 Å². The molecule has 0 saturated heterocycles. The van der Waals surface area contributed by atoms with Crippen molar-refractivity contribution in [2.24, 2.45) is 5.92 Å². The zero-order valence-electron chi connectivity index (χ0n) is 34.7. The molecule has 292 valence electrons. The van der Waals surface area contributed by atoms with Crippen LogP contribution in [0.15, 0.2) is 59.5 Å². The average molecular weight is 764 g/mol. The fraction of sp³-hybridized carbons (Fsp3) is 0.732. The molecule has 0 spiro atoms. The highest BCUT2D eigenvalue weighted by molar-refractivity contribution is 7.93. The number of unbranched alkanes of at least 4 members (excludes halogenated alkanes) is 3. The zero-order valence-corrected chi connectivity index (χ0v) is 37.5. The van der Waals surface area contributed by atoms with E-state index in [0.717, 1.165) is 25.7 Å². The first-order valence-electron chi connectivity index (χ1n) is 19.2. The van der Waals surface area contributed by atoms with E-state index >= 15 is 8.42 Å². The standard InChI is InChI=1S/C41H73NO6SSi2/c1-15-16-20-25-33(47-50(11,12)39(2,3)4)29-30-35-36(48-51(13,14)40(5,6)7)32-37(42(8)9)41(35,31-24-18-17-23-28-38(43)46-10)49(44,45)34-26-21-19-22-27-34/h18-19,21-22,24,26-27,29-30,33,35-37H,15-17,20,23,25,28,31-32H2,1-14H3. The van der Waals surface area contributed by atoms with E-state index in [4.69, 9.17) is 13.6 Å². The lowest BCUT2D eigenvalue weighted by Crippen LogP contribution is -2.55. The second-order valence-corrected chi connectivity index (χ2v) is 29.6. The van der Waals surface area contributed by atoms with Gasteiger partial charge in [-0.05, 0) is 94.6 Å². The summed E-state index contributed by atoms with van der Waals surface area (Å²) in [6, 6.07) is 8.65. The van der Waals surface area contributed by atoms with E-state index in [9.17, 15) is 4.79 Å². The number of sulfone groups is 1. The van der Waals surface area contributed by atoms with Crippen LogP contribution in [0.3, 0.4) is 0 Å². The van der Waals surface area contributed by atoms with Crippen molar-refractivity contribution in [2.45, 2.75) is 170 Å². The number of carbonyl (C=O) groups excluding carboxylic acids is 1. The average Bonchev–Trinajstić information content (AvgIpc) is 3.34. The van der Waals surface area contributed by atoms with Crippen LogP contribution in [0.1, 0.15) is 106 Å². The maximum Gasteiger partial charge on any atom is 0.305 e. The molecule has 0 N–H and O–H groups in total. The topological polar surface area (TPSA) is 82.1 Å². The maximum atomic E-state index is 15.4. The Morgan fingerprint density at radius 1 is 0.961 bits per heavy atom. The predicted octanol–water partition coefficient (Wildman–Crippen LogP) is 10.4. The number of benzene rings is 1. The molecule has 2 rings (SSSR count). The summed E-state index contributed by atoms with van der Waals surface area (Å²) in [7, 11) is -2.96. The summed E-state index contributed by atoms with van der Waals surface area (Å²) in [4.78, 5) is 14.2. The van der Waals surface area contributed by atoms with E-state index in [2.05, 4.69) is 91.7 Å². The first kappa shape index (κ1) is 45.6. The summed E-state index contributed by atoms with van der Waals surface area (Å²) >= 11 is 0.